The number of hydrogen-bond acceptors (Lipinski definition) is 6. The zero-order valence-corrected chi connectivity index (χ0v) is 14.8. The van der Waals surface area contributed by atoms with Crippen LogP contribution >= 0.6 is 11.7 Å². The molecule has 6 nitrogen and oxygen atoms in total. The summed E-state index contributed by atoms with van der Waals surface area (Å²) in [7, 11) is -3.91. The van der Waals surface area contributed by atoms with Crippen molar-refractivity contribution in [3.8, 4) is 0 Å². The number of hydrogen-bond donors (Lipinski definition) is 1. The van der Waals surface area contributed by atoms with Crippen LogP contribution < -0.4 is 4.72 Å². The van der Waals surface area contributed by atoms with E-state index in [1.165, 1.54) is 38.2 Å². The van der Waals surface area contributed by atoms with Crippen molar-refractivity contribution in [2.75, 3.05) is 0 Å². The summed E-state index contributed by atoms with van der Waals surface area (Å²) in [6.45, 7) is 0. The normalized spacial score (nSPS) is 24.8. The third kappa shape index (κ3) is 2.93. The summed E-state index contributed by atoms with van der Waals surface area (Å²) in [4.78, 5) is 12.4. The molecule has 24 heavy (non-hydrogen) atoms. The van der Waals surface area contributed by atoms with Crippen LogP contribution in [0.15, 0.2) is 23.1 Å². The van der Waals surface area contributed by atoms with Gasteiger partial charge < -0.3 is 0 Å². The Hall–Kier alpha value is -1.54. The van der Waals surface area contributed by atoms with Crippen LogP contribution in [0.25, 0.3) is 11.0 Å². The average Bonchev–Trinajstić information content (AvgIpc) is 3.24. The Morgan fingerprint density at radius 2 is 1.96 bits per heavy atom. The number of sulfonamides is 1. The average molecular weight is 365 g/mol. The van der Waals surface area contributed by atoms with Crippen molar-refractivity contribution >= 4 is 38.7 Å². The van der Waals surface area contributed by atoms with Crippen LogP contribution in [0.5, 0.6) is 0 Å². The molecule has 0 radical (unpaired) electrons. The van der Waals surface area contributed by atoms with Gasteiger partial charge in [-0.15, -0.1) is 0 Å². The number of rotatable bonds is 4. The van der Waals surface area contributed by atoms with Gasteiger partial charge in [0.25, 0.3) is 10.0 Å². The molecule has 2 unspecified atom stereocenters. The highest BCUT2D eigenvalue weighted by Crippen LogP contribution is 2.49. The minimum Gasteiger partial charge on any atom is -0.274 e. The van der Waals surface area contributed by atoms with E-state index in [4.69, 9.17) is 0 Å². The molecule has 0 bridgehead atoms. The van der Waals surface area contributed by atoms with Gasteiger partial charge in [0.1, 0.15) is 15.9 Å². The molecule has 1 N–H and O–H groups in total. The second-order valence-corrected chi connectivity index (χ2v) is 8.94. The van der Waals surface area contributed by atoms with Crippen molar-refractivity contribution in [2.24, 2.45) is 17.8 Å². The number of nitrogens with one attached hydrogen (secondary N) is 1. The zero-order valence-electron chi connectivity index (χ0n) is 13.1. The Kier molecular flexibility index (Phi) is 4.04. The first-order valence-corrected chi connectivity index (χ1v) is 10.6. The Bertz CT molecular complexity index is 872. The van der Waals surface area contributed by atoms with E-state index >= 15 is 0 Å². The Morgan fingerprint density at radius 1 is 1.17 bits per heavy atom. The van der Waals surface area contributed by atoms with E-state index in [9.17, 15) is 13.2 Å². The van der Waals surface area contributed by atoms with E-state index in [2.05, 4.69) is 13.5 Å². The van der Waals surface area contributed by atoms with E-state index in [1.54, 1.807) is 12.1 Å². The van der Waals surface area contributed by atoms with Crippen molar-refractivity contribution in [2.45, 2.75) is 43.4 Å². The SMILES string of the molecule is O=C(NS(=O)(=O)c1cccc2nsnc12)C1CC1C1CCCCC1. The van der Waals surface area contributed by atoms with Crippen LogP contribution in [-0.2, 0) is 14.8 Å². The monoisotopic (exact) mass is 365 g/mol. The molecule has 2 atom stereocenters. The van der Waals surface area contributed by atoms with Gasteiger partial charge in [-0.25, -0.2) is 13.1 Å². The van der Waals surface area contributed by atoms with Gasteiger partial charge in [0, 0.05) is 5.92 Å². The molecular weight excluding hydrogens is 346 g/mol. The van der Waals surface area contributed by atoms with Crippen LogP contribution in [0.3, 0.4) is 0 Å². The molecule has 2 aromatic rings. The van der Waals surface area contributed by atoms with Crippen LogP contribution in [0.2, 0.25) is 0 Å². The second kappa shape index (κ2) is 6.07. The lowest BCUT2D eigenvalue weighted by molar-refractivity contribution is -0.121. The number of carbonyl (C=O) groups excluding carboxylic acids is 1. The minimum absolute atomic E-state index is 0.0250. The Labute approximate surface area is 145 Å². The largest absolute Gasteiger partial charge is 0.274 e. The molecule has 2 aliphatic carbocycles. The highest BCUT2D eigenvalue weighted by atomic mass is 32.2. The molecular formula is C16H19N3O3S2. The predicted molar refractivity (Wildman–Crippen MR) is 90.9 cm³/mol. The van der Waals surface area contributed by atoms with Gasteiger partial charge in [0.2, 0.25) is 5.91 Å². The molecule has 2 saturated carbocycles. The Balaban J connectivity index is 1.48. The van der Waals surface area contributed by atoms with Crippen molar-refractivity contribution in [3.05, 3.63) is 18.2 Å². The van der Waals surface area contributed by atoms with Gasteiger partial charge >= 0.3 is 0 Å². The second-order valence-electron chi connectivity index (χ2n) is 6.76. The molecule has 2 aliphatic rings. The van der Waals surface area contributed by atoms with Gasteiger partial charge in [-0.3, -0.25) is 4.79 Å². The molecule has 0 saturated heterocycles. The van der Waals surface area contributed by atoms with Crippen LogP contribution in [-0.4, -0.2) is 23.1 Å². The zero-order chi connectivity index (χ0) is 16.7. The summed E-state index contributed by atoms with van der Waals surface area (Å²) in [5, 5.41) is 0. The van der Waals surface area contributed by atoms with E-state index in [1.807, 2.05) is 0 Å². The van der Waals surface area contributed by atoms with Gasteiger partial charge in [-0.1, -0.05) is 38.2 Å². The molecule has 2 fully saturated rings. The van der Waals surface area contributed by atoms with E-state index < -0.39 is 10.0 Å². The van der Waals surface area contributed by atoms with Crippen LogP contribution in [0.4, 0.5) is 0 Å². The summed E-state index contributed by atoms with van der Waals surface area (Å²) in [6, 6.07) is 4.79. The third-order valence-electron chi connectivity index (χ3n) is 5.21. The quantitative estimate of drug-likeness (QED) is 0.900. The minimum atomic E-state index is -3.91. The van der Waals surface area contributed by atoms with Crippen molar-refractivity contribution < 1.29 is 13.2 Å². The van der Waals surface area contributed by atoms with E-state index in [0.717, 1.165) is 18.1 Å². The fourth-order valence-electron chi connectivity index (χ4n) is 3.86. The maximum atomic E-state index is 12.6. The van der Waals surface area contributed by atoms with E-state index in [-0.39, 0.29) is 16.7 Å². The molecule has 4 rings (SSSR count). The Morgan fingerprint density at radius 3 is 2.75 bits per heavy atom. The van der Waals surface area contributed by atoms with Crippen molar-refractivity contribution in [1.29, 1.82) is 0 Å². The van der Waals surface area contributed by atoms with Crippen LogP contribution in [0.1, 0.15) is 38.5 Å². The number of benzene rings is 1. The van der Waals surface area contributed by atoms with E-state index in [0.29, 0.717) is 22.9 Å². The predicted octanol–water partition coefficient (Wildman–Crippen LogP) is 2.71. The molecule has 1 aromatic heterocycles. The third-order valence-corrected chi connectivity index (χ3v) is 7.13. The first-order valence-electron chi connectivity index (χ1n) is 8.34. The molecule has 128 valence electrons. The first-order chi connectivity index (χ1) is 11.6. The lowest BCUT2D eigenvalue weighted by Crippen LogP contribution is -2.32. The van der Waals surface area contributed by atoms with Gasteiger partial charge in [0.05, 0.1) is 11.7 Å². The lowest BCUT2D eigenvalue weighted by Gasteiger charge is -2.21. The topological polar surface area (TPSA) is 89.0 Å². The number of fused-ring (bicyclic) bond motifs is 1. The molecule has 8 heteroatoms. The fourth-order valence-corrected chi connectivity index (χ4v) is 5.66. The number of amides is 1. The molecule has 0 spiro atoms. The smallest absolute Gasteiger partial charge is 0.266 e. The summed E-state index contributed by atoms with van der Waals surface area (Å²) >= 11 is 0.963. The first kappa shape index (κ1) is 16.0. The highest BCUT2D eigenvalue weighted by Gasteiger charge is 2.48. The summed E-state index contributed by atoms with van der Waals surface area (Å²) in [5.41, 5.74) is 0.851. The fraction of sp³-hybridized carbons (Fsp3) is 0.562. The van der Waals surface area contributed by atoms with Gasteiger partial charge in [-0.2, -0.15) is 8.75 Å². The summed E-state index contributed by atoms with van der Waals surface area (Å²) in [5.74, 6) is 0.419. The molecule has 1 amide bonds. The van der Waals surface area contributed by atoms with Gasteiger partial charge in [0.15, 0.2) is 0 Å². The number of nitrogens with zero attached hydrogens (tertiary/aromatic N) is 2. The van der Waals surface area contributed by atoms with Crippen molar-refractivity contribution in [3.63, 3.8) is 0 Å². The number of aromatic nitrogens is 2. The summed E-state index contributed by atoms with van der Waals surface area (Å²) in [6.07, 6.45) is 6.89. The lowest BCUT2D eigenvalue weighted by atomic mass is 9.85. The maximum absolute atomic E-state index is 12.6. The number of carbonyl (C=O) groups is 1. The summed E-state index contributed by atoms with van der Waals surface area (Å²) < 4.78 is 35.5. The van der Waals surface area contributed by atoms with Crippen LogP contribution in [0, 0.1) is 17.8 Å². The van der Waals surface area contributed by atoms with Crippen molar-refractivity contribution in [1.82, 2.24) is 13.5 Å². The molecule has 0 aliphatic heterocycles. The molecule has 1 heterocycles. The van der Waals surface area contributed by atoms with Gasteiger partial charge in [-0.05, 0) is 30.4 Å². The molecule has 1 aromatic carbocycles. The standard InChI is InChI=1S/C16H19N3O3S2/c20-16(12-9-11(12)10-5-2-1-3-6-10)19-24(21,22)14-8-4-7-13-15(14)18-23-17-13/h4,7-8,10-12H,1-3,5-6,9H2,(H,19,20). The maximum Gasteiger partial charge on any atom is 0.266 e. The highest BCUT2D eigenvalue weighted by molar-refractivity contribution is 7.90.